The van der Waals surface area contributed by atoms with Crippen LogP contribution in [-0.2, 0) is 6.54 Å². The summed E-state index contributed by atoms with van der Waals surface area (Å²) >= 11 is 3.03. The van der Waals surface area contributed by atoms with Gasteiger partial charge in [0.25, 0.3) is 0 Å². The molecule has 0 saturated heterocycles. The third-order valence-corrected chi connectivity index (χ3v) is 6.66. The van der Waals surface area contributed by atoms with Gasteiger partial charge in [-0.15, -0.1) is 10.2 Å². The molecule has 6 nitrogen and oxygen atoms in total. The van der Waals surface area contributed by atoms with Crippen molar-refractivity contribution in [3.8, 4) is 0 Å². The number of para-hydroxylation sites is 1. The van der Waals surface area contributed by atoms with Gasteiger partial charge in [-0.25, -0.2) is 0 Å². The molecule has 0 spiro atoms. The topological polar surface area (TPSA) is 85.9 Å². The minimum Gasteiger partial charge on any atom is -0.390 e. The SMILES string of the molecule is Cc1ccc(NCC(O)CSc2nnc(NCc3c[nH]c4ccccc34)s2)cc1. The number of aliphatic hydroxyl groups is 1. The maximum atomic E-state index is 10.2. The van der Waals surface area contributed by atoms with Crippen molar-refractivity contribution in [1.82, 2.24) is 15.2 Å². The number of nitrogens with zero attached hydrogens (tertiary/aromatic N) is 2. The lowest BCUT2D eigenvalue weighted by Gasteiger charge is -2.11. The Kier molecular flexibility index (Phi) is 6.33. The molecule has 0 aliphatic rings. The van der Waals surface area contributed by atoms with E-state index in [4.69, 9.17) is 0 Å². The first-order valence-electron chi connectivity index (χ1n) is 9.41. The van der Waals surface area contributed by atoms with E-state index in [1.807, 2.05) is 30.5 Å². The first-order valence-corrected chi connectivity index (χ1v) is 11.2. The van der Waals surface area contributed by atoms with Crippen LogP contribution in [0.3, 0.4) is 0 Å². The number of hydrogen-bond donors (Lipinski definition) is 4. The number of anilines is 2. The fourth-order valence-corrected chi connectivity index (χ4v) is 4.62. The number of aryl methyl sites for hydroxylation is 1. The Bertz CT molecular complexity index is 1060. The number of aromatic nitrogens is 3. The summed E-state index contributed by atoms with van der Waals surface area (Å²) in [7, 11) is 0. The van der Waals surface area contributed by atoms with Gasteiger partial charge in [0.15, 0.2) is 4.34 Å². The Hall–Kier alpha value is -2.55. The zero-order valence-corrected chi connectivity index (χ0v) is 17.7. The Balaban J connectivity index is 1.23. The van der Waals surface area contributed by atoms with E-state index in [1.165, 1.54) is 39.6 Å². The normalized spacial score (nSPS) is 12.2. The predicted octanol–water partition coefficient (Wildman–Crippen LogP) is 4.51. The summed E-state index contributed by atoms with van der Waals surface area (Å²) in [4.78, 5) is 3.28. The first-order chi connectivity index (χ1) is 14.2. The van der Waals surface area contributed by atoms with Gasteiger partial charge < -0.3 is 20.7 Å². The number of H-pyrrole nitrogens is 1. The van der Waals surface area contributed by atoms with Crippen LogP contribution >= 0.6 is 23.1 Å². The molecule has 1 unspecified atom stereocenters. The highest BCUT2D eigenvalue weighted by molar-refractivity contribution is 8.01. The van der Waals surface area contributed by atoms with Crippen LogP contribution in [0.25, 0.3) is 10.9 Å². The molecule has 2 aromatic carbocycles. The monoisotopic (exact) mass is 425 g/mol. The Labute approximate surface area is 177 Å². The molecular weight excluding hydrogens is 402 g/mol. The van der Waals surface area contributed by atoms with Crippen molar-refractivity contribution in [3.05, 3.63) is 65.9 Å². The average Bonchev–Trinajstić information content (AvgIpc) is 3.37. The van der Waals surface area contributed by atoms with Gasteiger partial charge in [-0.1, -0.05) is 59.0 Å². The molecule has 0 saturated carbocycles. The number of benzene rings is 2. The van der Waals surface area contributed by atoms with Crippen molar-refractivity contribution < 1.29 is 5.11 Å². The summed E-state index contributed by atoms with van der Waals surface area (Å²) in [5.74, 6) is 0.565. The fraction of sp³-hybridized carbons (Fsp3) is 0.238. The van der Waals surface area contributed by atoms with Gasteiger partial charge in [0.2, 0.25) is 5.13 Å². The third-order valence-electron chi connectivity index (χ3n) is 4.50. The van der Waals surface area contributed by atoms with Crippen molar-refractivity contribution >= 4 is 44.8 Å². The van der Waals surface area contributed by atoms with Gasteiger partial charge in [0.1, 0.15) is 0 Å². The van der Waals surface area contributed by atoms with Gasteiger partial charge in [-0.2, -0.15) is 0 Å². The van der Waals surface area contributed by atoms with E-state index in [-0.39, 0.29) is 0 Å². The van der Waals surface area contributed by atoms with Gasteiger partial charge >= 0.3 is 0 Å². The summed E-state index contributed by atoms with van der Waals surface area (Å²) in [5, 5.41) is 27.2. The number of aromatic amines is 1. The molecule has 4 aromatic rings. The van der Waals surface area contributed by atoms with E-state index < -0.39 is 6.10 Å². The van der Waals surface area contributed by atoms with Gasteiger partial charge in [-0.3, -0.25) is 0 Å². The summed E-state index contributed by atoms with van der Waals surface area (Å²) in [6.07, 6.45) is 1.55. The van der Waals surface area contributed by atoms with E-state index in [0.29, 0.717) is 18.8 Å². The van der Waals surface area contributed by atoms with Gasteiger partial charge in [0, 0.05) is 41.6 Å². The van der Waals surface area contributed by atoms with Gasteiger partial charge in [-0.05, 0) is 30.7 Å². The van der Waals surface area contributed by atoms with Crippen molar-refractivity contribution in [2.45, 2.75) is 23.9 Å². The lowest BCUT2D eigenvalue weighted by Crippen LogP contribution is -2.21. The Morgan fingerprint density at radius 3 is 2.79 bits per heavy atom. The number of rotatable bonds is 9. The highest BCUT2D eigenvalue weighted by atomic mass is 32.2. The molecule has 150 valence electrons. The quantitative estimate of drug-likeness (QED) is 0.295. The summed E-state index contributed by atoms with van der Waals surface area (Å²) in [6, 6.07) is 16.4. The highest BCUT2D eigenvalue weighted by Gasteiger charge is 2.10. The number of fused-ring (bicyclic) bond motifs is 1. The molecule has 2 aromatic heterocycles. The summed E-state index contributed by atoms with van der Waals surface area (Å²) in [6.45, 7) is 3.24. The van der Waals surface area contributed by atoms with E-state index in [2.05, 4.69) is 57.0 Å². The number of nitrogens with one attached hydrogen (secondary N) is 3. The Morgan fingerprint density at radius 2 is 1.93 bits per heavy atom. The minimum atomic E-state index is -0.465. The molecule has 4 N–H and O–H groups in total. The molecule has 0 fully saturated rings. The molecule has 29 heavy (non-hydrogen) atoms. The first kappa shape index (κ1) is 19.8. The van der Waals surface area contributed by atoms with Crippen LogP contribution < -0.4 is 10.6 Å². The Morgan fingerprint density at radius 1 is 1.10 bits per heavy atom. The molecular formula is C21H23N5OS2. The van der Waals surface area contributed by atoms with Crippen LogP contribution in [0.2, 0.25) is 0 Å². The molecule has 0 aliphatic carbocycles. The van der Waals surface area contributed by atoms with Crippen LogP contribution in [0.15, 0.2) is 59.1 Å². The maximum Gasteiger partial charge on any atom is 0.206 e. The molecule has 0 bridgehead atoms. The van der Waals surface area contributed by atoms with Crippen molar-refractivity contribution in [2.24, 2.45) is 0 Å². The second-order valence-corrected chi connectivity index (χ2v) is 9.04. The lowest BCUT2D eigenvalue weighted by atomic mass is 10.2. The number of thioether (sulfide) groups is 1. The van der Waals surface area contributed by atoms with Crippen molar-refractivity contribution in [2.75, 3.05) is 22.9 Å². The largest absolute Gasteiger partial charge is 0.390 e. The molecule has 0 amide bonds. The summed E-state index contributed by atoms with van der Waals surface area (Å²) in [5.41, 5.74) is 4.56. The molecule has 1 atom stereocenters. The standard InChI is InChI=1S/C21H23N5OS2/c1-14-6-8-16(9-7-14)22-12-17(27)13-28-21-26-25-20(29-21)24-11-15-10-23-19-5-3-2-4-18(15)19/h2-10,17,22-23,27H,11-13H2,1H3,(H,24,25). The highest BCUT2D eigenvalue weighted by Crippen LogP contribution is 2.27. The lowest BCUT2D eigenvalue weighted by molar-refractivity contribution is 0.213. The van der Waals surface area contributed by atoms with Crippen molar-refractivity contribution in [1.29, 1.82) is 0 Å². The molecule has 0 aliphatic heterocycles. The molecule has 0 radical (unpaired) electrons. The van der Waals surface area contributed by atoms with E-state index >= 15 is 0 Å². The number of hydrogen-bond acceptors (Lipinski definition) is 7. The molecule has 4 rings (SSSR count). The summed E-state index contributed by atoms with van der Waals surface area (Å²) < 4.78 is 0.848. The van der Waals surface area contributed by atoms with E-state index in [1.54, 1.807) is 0 Å². The van der Waals surface area contributed by atoms with Gasteiger partial charge in [0.05, 0.1) is 6.10 Å². The van der Waals surface area contributed by atoms with E-state index in [0.717, 1.165) is 20.7 Å². The second-order valence-electron chi connectivity index (χ2n) is 6.80. The van der Waals surface area contributed by atoms with E-state index in [9.17, 15) is 5.11 Å². The fourth-order valence-electron chi connectivity index (χ4n) is 2.92. The van der Waals surface area contributed by atoms with Crippen molar-refractivity contribution in [3.63, 3.8) is 0 Å². The van der Waals surface area contributed by atoms with Crippen LogP contribution in [0.4, 0.5) is 10.8 Å². The smallest absolute Gasteiger partial charge is 0.206 e. The zero-order chi connectivity index (χ0) is 20.1. The maximum absolute atomic E-state index is 10.2. The second kappa shape index (κ2) is 9.30. The van der Waals surface area contributed by atoms with Crippen LogP contribution in [0.5, 0.6) is 0 Å². The van der Waals surface area contributed by atoms with Crippen LogP contribution in [0, 0.1) is 6.92 Å². The zero-order valence-electron chi connectivity index (χ0n) is 16.1. The molecule has 2 heterocycles. The third kappa shape index (κ3) is 5.29. The minimum absolute atomic E-state index is 0.465. The van der Waals surface area contributed by atoms with Crippen LogP contribution in [-0.4, -0.2) is 38.7 Å². The number of aliphatic hydroxyl groups excluding tert-OH is 1. The average molecular weight is 426 g/mol. The molecule has 8 heteroatoms. The predicted molar refractivity (Wildman–Crippen MR) is 122 cm³/mol. The van der Waals surface area contributed by atoms with Crippen LogP contribution in [0.1, 0.15) is 11.1 Å².